The molecule has 1 saturated heterocycles. The highest BCUT2D eigenvalue weighted by Crippen LogP contribution is 2.24. The maximum Gasteiger partial charge on any atom is 0.152 e. The summed E-state index contributed by atoms with van der Waals surface area (Å²) in [4.78, 5) is 10.3. The summed E-state index contributed by atoms with van der Waals surface area (Å²) in [5, 5.41) is 12.3. The molecular formula is C16H17N5O2S. The Morgan fingerprint density at radius 1 is 1.33 bits per heavy atom. The van der Waals surface area contributed by atoms with Gasteiger partial charge in [-0.05, 0) is 18.6 Å². The fraction of sp³-hybridized carbons (Fsp3) is 0.312. The maximum atomic E-state index is 11.7. The van der Waals surface area contributed by atoms with Crippen LogP contribution in [0.15, 0.2) is 36.7 Å². The molecule has 0 saturated carbocycles. The van der Waals surface area contributed by atoms with Gasteiger partial charge in [0.15, 0.2) is 9.84 Å². The van der Waals surface area contributed by atoms with E-state index < -0.39 is 9.84 Å². The summed E-state index contributed by atoms with van der Waals surface area (Å²) in [5.74, 6) is 1.56. The number of hydrogen-bond acceptors (Lipinski definition) is 7. The highest BCUT2D eigenvalue weighted by Gasteiger charge is 2.31. The number of anilines is 3. The molecule has 24 heavy (non-hydrogen) atoms. The number of hydrogen-bond donors (Lipinski definition) is 1. The minimum atomic E-state index is -2.95. The van der Waals surface area contributed by atoms with Crippen molar-refractivity contribution in [2.24, 2.45) is 0 Å². The Kier molecular flexibility index (Phi) is 4.36. The Morgan fingerprint density at radius 2 is 2.12 bits per heavy atom. The van der Waals surface area contributed by atoms with Crippen molar-refractivity contribution < 1.29 is 8.42 Å². The molecule has 0 spiro atoms. The molecule has 0 radical (unpaired) electrons. The van der Waals surface area contributed by atoms with Gasteiger partial charge in [0.2, 0.25) is 0 Å². The van der Waals surface area contributed by atoms with Gasteiger partial charge in [0.25, 0.3) is 0 Å². The van der Waals surface area contributed by atoms with E-state index in [2.05, 4.69) is 21.4 Å². The SMILES string of the molecule is CN(c1cc(Nc2ccccc2C#N)ncn1)C1CCS(=O)(=O)C1. The molecule has 124 valence electrons. The van der Waals surface area contributed by atoms with Crippen molar-refractivity contribution in [2.45, 2.75) is 12.5 Å². The molecule has 0 amide bonds. The van der Waals surface area contributed by atoms with Gasteiger partial charge in [-0.1, -0.05) is 12.1 Å². The Hall–Kier alpha value is -2.66. The maximum absolute atomic E-state index is 11.7. The van der Waals surface area contributed by atoms with Crippen LogP contribution in [0.25, 0.3) is 0 Å². The zero-order valence-corrected chi connectivity index (χ0v) is 14.0. The quantitative estimate of drug-likeness (QED) is 0.902. The first kappa shape index (κ1) is 16.2. The average Bonchev–Trinajstić information content (AvgIpc) is 2.95. The number of benzene rings is 1. The Balaban J connectivity index is 1.81. The van der Waals surface area contributed by atoms with Crippen molar-refractivity contribution in [1.29, 1.82) is 5.26 Å². The number of nitrogens with one attached hydrogen (secondary N) is 1. The van der Waals surface area contributed by atoms with Crippen molar-refractivity contribution in [1.82, 2.24) is 9.97 Å². The third-order valence-corrected chi connectivity index (χ3v) is 5.83. The molecule has 8 heteroatoms. The number of rotatable bonds is 4. The summed E-state index contributed by atoms with van der Waals surface area (Å²) in [6, 6.07) is 10.9. The van der Waals surface area contributed by atoms with Gasteiger partial charge >= 0.3 is 0 Å². The molecule has 1 unspecified atom stereocenters. The molecule has 1 aromatic heterocycles. The smallest absolute Gasteiger partial charge is 0.152 e. The molecule has 3 rings (SSSR count). The predicted molar refractivity (Wildman–Crippen MR) is 91.9 cm³/mol. The van der Waals surface area contributed by atoms with Gasteiger partial charge in [-0.15, -0.1) is 0 Å². The molecule has 2 aromatic rings. The molecular weight excluding hydrogens is 326 g/mol. The molecule has 0 aliphatic carbocycles. The number of nitrogens with zero attached hydrogens (tertiary/aromatic N) is 4. The van der Waals surface area contributed by atoms with Crippen molar-refractivity contribution in [3.8, 4) is 6.07 Å². The Bertz CT molecular complexity index is 891. The first-order chi connectivity index (χ1) is 11.5. The molecule has 7 nitrogen and oxygen atoms in total. The lowest BCUT2D eigenvalue weighted by Gasteiger charge is -2.24. The lowest BCUT2D eigenvalue weighted by atomic mass is 10.2. The van der Waals surface area contributed by atoms with Crippen LogP contribution in [0.3, 0.4) is 0 Å². The monoisotopic (exact) mass is 343 g/mol. The molecule has 1 aliphatic heterocycles. The van der Waals surface area contributed by atoms with Crippen LogP contribution in [-0.2, 0) is 9.84 Å². The summed E-state index contributed by atoms with van der Waals surface area (Å²) in [6.45, 7) is 0. The number of aromatic nitrogens is 2. The highest BCUT2D eigenvalue weighted by atomic mass is 32.2. The third kappa shape index (κ3) is 3.46. The van der Waals surface area contributed by atoms with Crippen LogP contribution < -0.4 is 10.2 Å². The Labute approximate surface area is 140 Å². The fourth-order valence-electron chi connectivity index (χ4n) is 2.70. The van der Waals surface area contributed by atoms with E-state index in [1.165, 1.54) is 6.33 Å². The van der Waals surface area contributed by atoms with E-state index in [9.17, 15) is 8.42 Å². The summed E-state index contributed by atoms with van der Waals surface area (Å²) in [7, 11) is -1.12. The first-order valence-corrected chi connectivity index (χ1v) is 9.32. The normalized spacial score (nSPS) is 18.8. The zero-order valence-electron chi connectivity index (χ0n) is 13.2. The van der Waals surface area contributed by atoms with Crippen molar-refractivity contribution in [3.05, 3.63) is 42.2 Å². The summed E-state index contributed by atoms with van der Waals surface area (Å²) >= 11 is 0. The molecule has 1 aliphatic rings. The van der Waals surface area contributed by atoms with Gasteiger partial charge in [-0.25, -0.2) is 18.4 Å². The summed E-state index contributed by atoms with van der Waals surface area (Å²) < 4.78 is 23.3. The zero-order chi connectivity index (χ0) is 17.2. The average molecular weight is 343 g/mol. The summed E-state index contributed by atoms with van der Waals surface area (Å²) in [5.41, 5.74) is 1.18. The van der Waals surface area contributed by atoms with Crippen LogP contribution in [0.4, 0.5) is 17.3 Å². The van der Waals surface area contributed by atoms with Crippen molar-refractivity contribution in [3.63, 3.8) is 0 Å². The minimum Gasteiger partial charge on any atom is -0.355 e. The first-order valence-electron chi connectivity index (χ1n) is 7.50. The largest absolute Gasteiger partial charge is 0.355 e. The van der Waals surface area contributed by atoms with E-state index in [1.54, 1.807) is 24.3 Å². The number of nitriles is 1. The second-order valence-corrected chi connectivity index (χ2v) is 7.94. The second-order valence-electron chi connectivity index (χ2n) is 5.71. The van der Waals surface area contributed by atoms with Crippen LogP contribution >= 0.6 is 0 Å². The molecule has 0 bridgehead atoms. The highest BCUT2D eigenvalue weighted by molar-refractivity contribution is 7.91. The van der Waals surface area contributed by atoms with Gasteiger partial charge in [0.05, 0.1) is 22.8 Å². The Morgan fingerprint density at radius 3 is 2.83 bits per heavy atom. The number of para-hydroxylation sites is 1. The van der Waals surface area contributed by atoms with Crippen molar-refractivity contribution >= 4 is 27.2 Å². The van der Waals surface area contributed by atoms with Crippen LogP contribution in [0.2, 0.25) is 0 Å². The molecule has 1 aromatic carbocycles. The lowest BCUT2D eigenvalue weighted by Crippen LogP contribution is -2.33. The van der Waals surface area contributed by atoms with Crippen LogP contribution in [0.5, 0.6) is 0 Å². The standard InChI is InChI=1S/C16H17N5O2S/c1-21(13-6-7-24(22,23)10-13)16-8-15(18-11-19-16)20-14-5-3-2-4-12(14)9-17/h2-5,8,11,13H,6-7,10H2,1H3,(H,18,19,20). The minimum absolute atomic E-state index is 0.0795. The molecule has 1 fully saturated rings. The van der Waals surface area contributed by atoms with E-state index in [0.717, 1.165) is 0 Å². The van der Waals surface area contributed by atoms with Gasteiger partial charge in [0.1, 0.15) is 24.0 Å². The molecule has 2 heterocycles. The van der Waals surface area contributed by atoms with Gasteiger partial charge < -0.3 is 10.2 Å². The fourth-order valence-corrected chi connectivity index (χ4v) is 4.48. The van der Waals surface area contributed by atoms with Gasteiger partial charge in [-0.3, -0.25) is 0 Å². The number of sulfone groups is 1. The molecule has 1 N–H and O–H groups in total. The summed E-state index contributed by atoms with van der Waals surface area (Å²) in [6.07, 6.45) is 2.02. The predicted octanol–water partition coefficient (Wildman–Crippen LogP) is 1.72. The van der Waals surface area contributed by atoms with Crippen molar-refractivity contribution in [2.75, 3.05) is 28.8 Å². The topological polar surface area (TPSA) is 99.0 Å². The van der Waals surface area contributed by atoms with Gasteiger partial charge in [-0.2, -0.15) is 5.26 Å². The van der Waals surface area contributed by atoms with Gasteiger partial charge in [0, 0.05) is 19.2 Å². The third-order valence-electron chi connectivity index (χ3n) is 4.08. The van der Waals surface area contributed by atoms with E-state index in [-0.39, 0.29) is 17.5 Å². The van der Waals surface area contributed by atoms with E-state index >= 15 is 0 Å². The van der Waals surface area contributed by atoms with E-state index in [1.807, 2.05) is 18.0 Å². The molecule has 1 atom stereocenters. The van der Waals surface area contributed by atoms with Crippen LogP contribution in [0.1, 0.15) is 12.0 Å². The van der Waals surface area contributed by atoms with E-state index in [4.69, 9.17) is 5.26 Å². The van der Waals surface area contributed by atoms with Crippen LogP contribution in [0, 0.1) is 11.3 Å². The lowest BCUT2D eigenvalue weighted by molar-refractivity contribution is 0.600. The van der Waals surface area contributed by atoms with Crippen LogP contribution in [-0.4, -0.2) is 43.0 Å². The van der Waals surface area contributed by atoms with E-state index in [0.29, 0.717) is 29.3 Å². The second kappa shape index (κ2) is 6.45.